The van der Waals surface area contributed by atoms with Crippen molar-refractivity contribution in [2.45, 2.75) is 6.92 Å². The summed E-state index contributed by atoms with van der Waals surface area (Å²) in [6.45, 7) is 2.01. The highest BCUT2D eigenvalue weighted by molar-refractivity contribution is 5.85. The number of para-hydroxylation sites is 1. The number of hydrogen-bond acceptors (Lipinski definition) is 1. The third-order valence-electron chi connectivity index (χ3n) is 2.69. The van der Waals surface area contributed by atoms with Gasteiger partial charge in [-0.05, 0) is 31.2 Å². The lowest BCUT2D eigenvalue weighted by molar-refractivity contribution is 1.19. The molecule has 0 aliphatic heterocycles. The molecule has 0 spiro atoms. The van der Waals surface area contributed by atoms with Crippen molar-refractivity contribution >= 4 is 10.9 Å². The lowest BCUT2D eigenvalue weighted by Gasteiger charge is -1.97. The van der Waals surface area contributed by atoms with Crippen LogP contribution >= 0.6 is 0 Å². The van der Waals surface area contributed by atoms with Gasteiger partial charge in [0, 0.05) is 16.6 Å². The Bertz CT molecular complexity index is 605. The van der Waals surface area contributed by atoms with E-state index in [1.54, 1.807) is 0 Å². The van der Waals surface area contributed by atoms with Crippen LogP contribution in [-0.4, -0.2) is 9.97 Å². The van der Waals surface area contributed by atoms with Crippen molar-refractivity contribution in [3.8, 4) is 11.4 Å². The van der Waals surface area contributed by atoms with Gasteiger partial charge in [0.25, 0.3) is 0 Å². The summed E-state index contributed by atoms with van der Waals surface area (Å²) >= 11 is 0. The standard InChI is InChI=1S/C14H12N2/c1-10-5-4-8-13(15-10)14-9-11-6-2-3-7-12(11)16-14/h2-9,16H,1H3. The predicted molar refractivity (Wildman–Crippen MR) is 66.3 cm³/mol. The first-order chi connectivity index (χ1) is 7.83. The topological polar surface area (TPSA) is 28.7 Å². The molecule has 0 saturated carbocycles. The number of fused-ring (bicyclic) bond motifs is 1. The van der Waals surface area contributed by atoms with Crippen molar-refractivity contribution in [1.29, 1.82) is 0 Å². The number of aromatic amines is 1. The number of nitrogens with zero attached hydrogens (tertiary/aromatic N) is 1. The molecule has 0 radical (unpaired) electrons. The molecule has 0 bridgehead atoms. The molecule has 0 aliphatic rings. The molecule has 2 heteroatoms. The Kier molecular flexibility index (Phi) is 2.00. The zero-order chi connectivity index (χ0) is 11.0. The largest absolute Gasteiger partial charge is 0.353 e. The number of H-pyrrole nitrogens is 1. The van der Waals surface area contributed by atoms with Gasteiger partial charge in [-0.1, -0.05) is 24.3 Å². The van der Waals surface area contributed by atoms with Gasteiger partial charge in [-0.2, -0.15) is 0 Å². The van der Waals surface area contributed by atoms with Crippen molar-refractivity contribution in [3.05, 3.63) is 54.2 Å². The molecule has 0 fully saturated rings. The molecule has 0 amide bonds. The average Bonchev–Trinajstić information content (AvgIpc) is 2.72. The number of aromatic nitrogens is 2. The van der Waals surface area contributed by atoms with E-state index in [1.807, 2.05) is 37.3 Å². The summed E-state index contributed by atoms with van der Waals surface area (Å²) in [6, 6.07) is 16.5. The molecule has 0 saturated heterocycles. The highest BCUT2D eigenvalue weighted by atomic mass is 14.8. The van der Waals surface area contributed by atoms with E-state index in [1.165, 1.54) is 5.39 Å². The van der Waals surface area contributed by atoms with Crippen LogP contribution in [0.5, 0.6) is 0 Å². The molecule has 0 unspecified atom stereocenters. The van der Waals surface area contributed by atoms with Gasteiger partial charge >= 0.3 is 0 Å². The lowest BCUT2D eigenvalue weighted by atomic mass is 10.2. The molecule has 1 N–H and O–H groups in total. The number of aryl methyl sites for hydroxylation is 1. The van der Waals surface area contributed by atoms with Crippen LogP contribution < -0.4 is 0 Å². The molecule has 16 heavy (non-hydrogen) atoms. The van der Waals surface area contributed by atoms with Crippen LogP contribution in [0, 0.1) is 6.92 Å². The minimum atomic E-state index is 0.996. The zero-order valence-electron chi connectivity index (χ0n) is 9.07. The van der Waals surface area contributed by atoms with Gasteiger partial charge in [0.2, 0.25) is 0 Å². The first-order valence-electron chi connectivity index (χ1n) is 5.35. The smallest absolute Gasteiger partial charge is 0.0867 e. The molecule has 1 aromatic carbocycles. The third-order valence-corrected chi connectivity index (χ3v) is 2.69. The molecular formula is C14H12N2. The molecular weight excluding hydrogens is 196 g/mol. The fourth-order valence-corrected chi connectivity index (χ4v) is 1.90. The SMILES string of the molecule is Cc1cccc(-c2cc3ccccc3[nH]2)n1. The minimum Gasteiger partial charge on any atom is -0.353 e. The predicted octanol–water partition coefficient (Wildman–Crippen LogP) is 3.54. The Hall–Kier alpha value is -2.09. The maximum Gasteiger partial charge on any atom is 0.0867 e. The lowest BCUT2D eigenvalue weighted by Crippen LogP contribution is -1.85. The molecule has 3 rings (SSSR count). The van der Waals surface area contributed by atoms with Gasteiger partial charge < -0.3 is 4.98 Å². The van der Waals surface area contributed by atoms with Gasteiger partial charge in [-0.3, -0.25) is 4.98 Å². The third kappa shape index (κ3) is 1.48. The van der Waals surface area contributed by atoms with Crippen molar-refractivity contribution in [2.75, 3.05) is 0 Å². The van der Waals surface area contributed by atoms with Crippen LogP contribution in [0.3, 0.4) is 0 Å². The Morgan fingerprint density at radius 2 is 1.88 bits per heavy atom. The minimum absolute atomic E-state index is 0.996. The Balaban J connectivity index is 2.19. The van der Waals surface area contributed by atoms with Crippen LogP contribution in [0.2, 0.25) is 0 Å². The maximum atomic E-state index is 4.51. The quantitative estimate of drug-likeness (QED) is 0.651. The van der Waals surface area contributed by atoms with E-state index in [4.69, 9.17) is 0 Å². The van der Waals surface area contributed by atoms with Crippen LogP contribution in [0.4, 0.5) is 0 Å². The second-order valence-corrected chi connectivity index (χ2v) is 3.93. The van der Waals surface area contributed by atoms with Crippen LogP contribution in [0.1, 0.15) is 5.69 Å². The Morgan fingerprint density at radius 1 is 1.00 bits per heavy atom. The summed E-state index contributed by atoms with van der Waals surface area (Å²) in [7, 11) is 0. The second-order valence-electron chi connectivity index (χ2n) is 3.93. The van der Waals surface area contributed by atoms with E-state index >= 15 is 0 Å². The molecule has 2 aromatic heterocycles. The molecule has 78 valence electrons. The number of hydrogen-bond donors (Lipinski definition) is 1. The van der Waals surface area contributed by atoms with Crippen molar-refractivity contribution in [1.82, 2.24) is 9.97 Å². The highest BCUT2D eigenvalue weighted by Crippen LogP contribution is 2.22. The fraction of sp³-hybridized carbons (Fsp3) is 0.0714. The number of rotatable bonds is 1. The normalized spacial score (nSPS) is 10.8. The summed E-state index contributed by atoms with van der Waals surface area (Å²) in [5.74, 6) is 0. The monoisotopic (exact) mass is 208 g/mol. The molecule has 3 aromatic rings. The maximum absolute atomic E-state index is 4.51. The molecule has 0 aliphatic carbocycles. The van der Waals surface area contributed by atoms with Crippen molar-refractivity contribution in [3.63, 3.8) is 0 Å². The number of nitrogens with one attached hydrogen (secondary N) is 1. The molecule has 0 atom stereocenters. The summed E-state index contributed by atoms with van der Waals surface area (Å²) in [5.41, 5.74) is 4.26. The van der Waals surface area contributed by atoms with E-state index in [-0.39, 0.29) is 0 Å². The van der Waals surface area contributed by atoms with Crippen LogP contribution in [0.15, 0.2) is 48.5 Å². The van der Waals surface area contributed by atoms with E-state index < -0.39 is 0 Å². The van der Waals surface area contributed by atoms with Gasteiger partial charge in [0.1, 0.15) is 0 Å². The van der Waals surface area contributed by atoms with E-state index in [0.29, 0.717) is 0 Å². The number of pyridine rings is 1. The fourth-order valence-electron chi connectivity index (χ4n) is 1.90. The van der Waals surface area contributed by atoms with E-state index in [0.717, 1.165) is 22.6 Å². The van der Waals surface area contributed by atoms with Gasteiger partial charge in [0.15, 0.2) is 0 Å². The molecule has 2 heterocycles. The Morgan fingerprint density at radius 3 is 2.69 bits per heavy atom. The van der Waals surface area contributed by atoms with Crippen LogP contribution in [-0.2, 0) is 0 Å². The summed E-state index contributed by atoms with van der Waals surface area (Å²) < 4.78 is 0. The van der Waals surface area contributed by atoms with E-state index in [9.17, 15) is 0 Å². The van der Waals surface area contributed by atoms with Crippen molar-refractivity contribution in [2.24, 2.45) is 0 Å². The van der Waals surface area contributed by atoms with Gasteiger partial charge in [-0.25, -0.2) is 0 Å². The first-order valence-corrected chi connectivity index (χ1v) is 5.35. The van der Waals surface area contributed by atoms with Gasteiger partial charge in [-0.15, -0.1) is 0 Å². The van der Waals surface area contributed by atoms with E-state index in [2.05, 4.69) is 28.2 Å². The summed E-state index contributed by atoms with van der Waals surface area (Å²) in [4.78, 5) is 7.88. The second kappa shape index (κ2) is 3.49. The highest BCUT2D eigenvalue weighted by Gasteiger charge is 2.03. The number of benzene rings is 1. The molecule has 2 nitrogen and oxygen atoms in total. The van der Waals surface area contributed by atoms with Crippen molar-refractivity contribution < 1.29 is 0 Å². The van der Waals surface area contributed by atoms with Crippen LogP contribution in [0.25, 0.3) is 22.3 Å². The average molecular weight is 208 g/mol. The summed E-state index contributed by atoms with van der Waals surface area (Å²) in [6.07, 6.45) is 0. The van der Waals surface area contributed by atoms with Gasteiger partial charge in [0.05, 0.1) is 11.4 Å². The zero-order valence-corrected chi connectivity index (χ0v) is 9.07. The first kappa shape index (κ1) is 9.16. The Labute approximate surface area is 94.0 Å². The summed E-state index contributed by atoms with van der Waals surface area (Å²) in [5, 5.41) is 1.22.